The molecular formula is C15H16FN3O2S. The molecule has 0 spiro atoms. The second-order valence-corrected chi connectivity index (χ2v) is 6.89. The molecule has 22 heavy (non-hydrogen) atoms. The molecule has 0 radical (unpaired) electrons. The molecule has 116 valence electrons. The van der Waals surface area contributed by atoms with Crippen molar-refractivity contribution < 1.29 is 12.8 Å². The maximum atomic E-state index is 13.3. The number of anilines is 1. The standard InChI is InChI=1S/C15H16FN3O2S/c16-13-4-1-3-11(9-13)12-6-8-19(10-12)15-14(22(17,20)21)5-2-7-18-15/h1-5,7,9,12H,6,8,10H2,(H2,17,20,21)/t12-/m0/s1. The van der Waals surface area contributed by atoms with E-state index in [0.29, 0.717) is 18.9 Å². The molecule has 2 aromatic rings. The summed E-state index contributed by atoms with van der Waals surface area (Å²) in [6.45, 7) is 1.24. The summed E-state index contributed by atoms with van der Waals surface area (Å²) in [6.07, 6.45) is 2.35. The SMILES string of the molecule is NS(=O)(=O)c1cccnc1N1CC[C@H](c2cccc(F)c2)C1. The smallest absolute Gasteiger partial charge is 0.241 e. The van der Waals surface area contributed by atoms with Gasteiger partial charge in [-0.25, -0.2) is 22.9 Å². The third kappa shape index (κ3) is 2.95. The summed E-state index contributed by atoms with van der Waals surface area (Å²) in [5.41, 5.74) is 0.913. The van der Waals surface area contributed by atoms with Gasteiger partial charge in [0.25, 0.3) is 0 Å². The zero-order valence-electron chi connectivity index (χ0n) is 11.8. The molecule has 3 rings (SSSR count). The van der Waals surface area contributed by atoms with Gasteiger partial charge in [0.05, 0.1) is 0 Å². The van der Waals surface area contributed by atoms with E-state index in [-0.39, 0.29) is 16.6 Å². The molecule has 5 nitrogen and oxygen atoms in total. The van der Waals surface area contributed by atoms with Crippen LogP contribution in [0.1, 0.15) is 17.9 Å². The van der Waals surface area contributed by atoms with Crippen LogP contribution in [0, 0.1) is 5.82 Å². The van der Waals surface area contributed by atoms with Crippen LogP contribution in [0.2, 0.25) is 0 Å². The van der Waals surface area contributed by atoms with Crippen molar-refractivity contribution in [2.24, 2.45) is 5.14 Å². The molecule has 1 aromatic heterocycles. The van der Waals surface area contributed by atoms with Gasteiger partial charge in [-0.05, 0) is 36.2 Å². The molecule has 1 aliphatic rings. The molecule has 1 atom stereocenters. The van der Waals surface area contributed by atoms with Crippen molar-refractivity contribution in [3.8, 4) is 0 Å². The number of halogens is 1. The number of aromatic nitrogens is 1. The van der Waals surface area contributed by atoms with E-state index < -0.39 is 10.0 Å². The summed E-state index contributed by atoms with van der Waals surface area (Å²) in [5, 5.41) is 5.25. The van der Waals surface area contributed by atoms with Crippen LogP contribution < -0.4 is 10.0 Å². The fourth-order valence-corrected chi connectivity index (χ4v) is 3.53. The number of primary sulfonamides is 1. The van der Waals surface area contributed by atoms with Crippen LogP contribution >= 0.6 is 0 Å². The molecular weight excluding hydrogens is 305 g/mol. The van der Waals surface area contributed by atoms with Gasteiger partial charge in [-0.3, -0.25) is 0 Å². The van der Waals surface area contributed by atoms with Gasteiger partial charge in [0.2, 0.25) is 10.0 Å². The number of sulfonamides is 1. The van der Waals surface area contributed by atoms with Crippen molar-refractivity contribution in [3.63, 3.8) is 0 Å². The lowest BCUT2D eigenvalue weighted by Gasteiger charge is -2.19. The fourth-order valence-electron chi connectivity index (χ4n) is 2.83. The van der Waals surface area contributed by atoms with Gasteiger partial charge < -0.3 is 4.90 Å². The van der Waals surface area contributed by atoms with Crippen molar-refractivity contribution in [1.29, 1.82) is 0 Å². The minimum absolute atomic E-state index is 0.0230. The zero-order valence-corrected chi connectivity index (χ0v) is 12.6. The van der Waals surface area contributed by atoms with Gasteiger partial charge in [-0.2, -0.15) is 0 Å². The lowest BCUT2D eigenvalue weighted by atomic mass is 9.98. The van der Waals surface area contributed by atoms with Crippen LogP contribution in [-0.4, -0.2) is 26.5 Å². The summed E-state index contributed by atoms with van der Waals surface area (Å²) in [6, 6.07) is 9.50. The number of hydrogen-bond acceptors (Lipinski definition) is 4. The lowest BCUT2D eigenvalue weighted by molar-refractivity contribution is 0.597. The van der Waals surface area contributed by atoms with Crippen molar-refractivity contribution in [2.75, 3.05) is 18.0 Å². The first kappa shape index (κ1) is 14.9. The first-order valence-corrected chi connectivity index (χ1v) is 8.48. The maximum Gasteiger partial charge on any atom is 0.241 e. The Morgan fingerprint density at radius 3 is 2.82 bits per heavy atom. The molecule has 1 aromatic carbocycles. The highest BCUT2D eigenvalue weighted by Crippen LogP contribution is 2.32. The molecule has 0 saturated carbocycles. The van der Waals surface area contributed by atoms with Crippen molar-refractivity contribution in [3.05, 3.63) is 54.0 Å². The van der Waals surface area contributed by atoms with Gasteiger partial charge >= 0.3 is 0 Å². The molecule has 1 saturated heterocycles. The van der Waals surface area contributed by atoms with Gasteiger partial charge in [0, 0.05) is 25.2 Å². The number of pyridine rings is 1. The average Bonchev–Trinajstić information content (AvgIpc) is 2.96. The van der Waals surface area contributed by atoms with E-state index in [2.05, 4.69) is 4.98 Å². The third-order valence-corrected chi connectivity index (χ3v) is 4.80. The highest BCUT2D eigenvalue weighted by Gasteiger charge is 2.28. The van der Waals surface area contributed by atoms with E-state index >= 15 is 0 Å². The number of benzene rings is 1. The Bertz CT molecular complexity index is 795. The summed E-state index contributed by atoms with van der Waals surface area (Å²) in [7, 11) is -3.82. The minimum atomic E-state index is -3.82. The number of rotatable bonds is 3. The predicted octanol–water partition coefficient (Wildman–Crippen LogP) is 1.86. The number of nitrogens with two attached hydrogens (primary N) is 1. The predicted molar refractivity (Wildman–Crippen MR) is 81.6 cm³/mol. The topological polar surface area (TPSA) is 76.3 Å². The summed E-state index contributed by atoms with van der Waals surface area (Å²) < 4.78 is 36.7. The molecule has 1 fully saturated rings. The molecule has 7 heteroatoms. The van der Waals surface area contributed by atoms with Gasteiger partial charge in [-0.1, -0.05) is 12.1 Å². The number of hydrogen-bond donors (Lipinski definition) is 1. The van der Waals surface area contributed by atoms with E-state index in [0.717, 1.165) is 12.0 Å². The van der Waals surface area contributed by atoms with E-state index in [1.165, 1.54) is 18.2 Å². The van der Waals surface area contributed by atoms with Gasteiger partial charge in [0.1, 0.15) is 16.5 Å². The largest absolute Gasteiger partial charge is 0.355 e. The van der Waals surface area contributed by atoms with E-state index in [1.54, 1.807) is 18.3 Å². The highest BCUT2D eigenvalue weighted by molar-refractivity contribution is 7.89. The van der Waals surface area contributed by atoms with E-state index in [1.807, 2.05) is 11.0 Å². The molecule has 0 aliphatic carbocycles. The minimum Gasteiger partial charge on any atom is -0.355 e. The fraction of sp³-hybridized carbons (Fsp3) is 0.267. The van der Waals surface area contributed by atoms with Crippen LogP contribution in [0.4, 0.5) is 10.2 Å². The quantitative estimate of drug-likeness (QED) is 0.936. The van der Waals surface area contributed by atoms with Crippen LogP contribution in [0.5, 0.6) is 0 Å². The van der Waals surface area contributed by atoms with E-state index in [4.69, 9.17) is 5.14 Å². The Morgan fingerprint density at radius 2 is 2.09 bits per heavy atom. The Morgan fingerprint density at radius 1 is 1.27 bits per heavy atom. The van der Waals surface area contributed by atoms with Crippen LogP contribution in [0.15, 0.2) is 47.5 Å². The van der Waals surface area contributed by atoms with Gasteiger partial charge in [0.15, 0.2) is 0 Å². The molecule has 0 amide bonds. The van der Waals surface area contributed by atoms with Crippen LogP contribution in [-0.2, 0) is 10.0 Å². The molecule has 0 unspecified atom stereocenters. The maximum absolute atomic E-state index is 13.3. The Kier molecular flexibility index (Phi) is 3.84. The second kappa shape index (κ2) is 5.66. The van der Waals surface area contributed by atoms with Gasteiger partial charge in [-0.15, -0.1) is 0 Å². The summed E-state index contributed by atoms with van der Waals surface area (Å²) in [4.78, 5) is 6.07. The molecule has 0 bridgehead atoms. The number of nitrogens with zero attached hydrogens (tertiary/aromatic N) is 2. The highest BCUT2D eigenvalue weighted by atomic mass is 32.2. The van der Waals surface area contributed by atoms with Crippen LogP contribution in [0.3, 0.4) is 0 Å². The zero-order chi connectivity index (χ0) is 15.7. The Balaban J connectivity index is 1.88. The second-order valence-electron chi connectivity index (χ2n) is 5.36. The Labute approximate surface area is 128 Å². The molecule has 2 N–H and O–H groups in total. The molecule has 2 heterocycles. The summed E-state index contributed by atoms with van der Waals surface area (Å²) in [5.74, 6) is 0.244. The third-order valence-electron chi connectivity index (χ3n) is 3.87. The van der Waals surface area contributed by atoms with Crippen molar-refractivity contribution in [2.45, 2.75) is 17.2 Å². The first-order valence-electron chi connectivity index (χ1n) is 6.93. The van der Waals surface area contributed by atoms with E-state index in [9.17, 15) is 12.8 Å². The summed E-state index contributed by atoms with van der Waals surface area (Å²) >= 11 is 0. The lowest BCUT2D eigenvalue weighted by Crippen LogP contribution is -2.25. The Hall–Kier alpha value is -1.99. The van der Waals surface area contributed by atoms with Crippen molar-refractivity contribution >= 4 is 15.8 Å². The van der Waals surface area contributed by atoms with Crippen molar-refractivity contribution in [1.82, 2.24) is 4.98 Å². The molecule has 1 aliphatic heterocycles. The monoisotopic (exact) mass is 321 g/mol. The van der Waals surface area contributed by atoms with Crippen LogP contribution in [0.25, 0.3) is 0 Å². The first-order chi connectivity index (χ1) is 10.4. The normalized spacial score (nSPS) is 18.6. The average molecular weight is 321 g/mol.